The average molecular weight is 374 g/mol. The van der Waals surface area contributed by atoms with Crippen molar-refractivity contribution in [1.29, 1.82) is 0 Å². The lowest BCUT2D eigenvalue weighted by Crippen LogP contribution is -2.26. The molecule has 0 unspecified atom stereocenters. The van der Waals surface area contributed by atoms with Gasteiger partial charge in [-0.1, -0.05) is 0 Å². The zero-order chi connectivity index (χ0) is 19.6. The number of carbonyl (C=O) groups is 3. The normalized spacial score (nSPS) is 10.1. The number of benzene rings is 1. The summed E-state index contributed by atoms with van der Waals surface area (Å²) >= 11 is 0. The van der Waals surface area contributed by atoms with E-state index in [1.165, 1.54) is 13.8 Å². The molecule has 0 saturated carbocycles. The van der Waals surface area contributed by atoms with Crippen LogP contribution in [-0.2, 0) is 9.59 Å². The van der Waals surface area contributed by atoms with Gasteiger partial charge in [0, 0.05) is 19.4 Å². The number of amides is 2. The lowest BCUT2D eigenvalue weighted by molar-refractivity contribution is -0.119. The maximum Gasteiger partial charge on any atom is 0.216 e. The molecule has 0 spiro atoms. The molecule has 1 heterocycles. The van der Waals surface area contributed by atoms with Gasteiger partial charge in [0.05, 0.1) is 13.1 Å². The van der Waals surface area contributed by atoms with Gasteiger partial charge in [-0.05, 0) is 30.3 Å². The Labute approximate surface area is 156 Å². The molecule has 0 bridgehead atoms. The van der Waals surface area contributed by atoms with E-state index in [2.05, 4.69) is 10.6 Å². The highest BCUT2D eigenvalue weighted by atomic mass is 16.5. The van der Waals surface area contributed by atoms with E-state index >= 15 is 0 Å². The van der Waals surface area contributed by atoms with Crippen LogP contribution in [0.15, 0.2) is 34.7 Å². The zero-order valence-electron chi connectivity index (χ0n) is 15.2. The van der Waals surface area contributed by atoms with Gasteiger partial charge >= 0.3 is 0 Å². The van der Waals surface area contributed by atoms with Crippen molar-refractivity contribution in [1.82, 2.24) is 10.6 Å². The van der Waals surface area contributed by atoms with Crippen molar-refractivity contribution >= 4 is 18.1 Å². The Balaban J connectivity index is 2.11. The molecule has 0 fully saturated rings. The highest BCUT2D eigenvalue weighted by Gasteiger charge is 2.11. The number of hydrogen-bond donors (Lipinski definition) is 2. The van der Waals surface area contributed by atoms with Gasteiger partial charge in [-0.2, -0.15) is 0 Å². The number of ether oxygens (including phenoxy) is 2. The lowest BCUT2D eigenvalue weighted by atomic mass is 10.1. The monoisotopic (exact) mass is 374 g/mol. The molecule has 0 radical (unpaired) electrons. The van der Waals surface area contributed by atoms with Crippen LogP contribution in [0.3, 0.4) is 0 Å². The Morgan fingerprint density at radius 2 is 1.59 bits per heavy atom. The number of hydrogen-bond acceptors (Lipinski definition) is 6. The third-order valence-electron chi connectivity index (χ3n) is 3.44. The molecular formula is C19H22N2O6. The smallest absolute Gasteiger partial charge is 0.216 e. The molecule has 0 saturated heterocycles. The van der Waals surface area contributed by atoms with Crippen molar-refractivity contribution < 1.29 is 28.3 Å². The van der Waals surface area contributed by atoms with Crippen molar-refractivity contribution in [3.05, 3.63) is 36.1 Å². The molecule has 2 aromatic rings. The second-order valence-corrected chi connectivity index (χ2v) is 5.64. The van der Waals surface area contributed by atoms with Crippen LogP contribution < -0.4 is 20.1 Å². The Hall–Kier alpha value is -3.29. The number of nitrogens with one attached hydrogen (secondary N) is 2. The first-order valence-electron chi connectivity index (χ1n) is 8.43. The van der Waals surface area contributed by atoms with Crippen molar-refractivity contribution in [2.24, 2.45) is 0 Å². The third kappa shape index (κ3) is 6.50. The molecular weight excluding hydrogens is 352 g/mol. The predicted octanol–water partition coefficient (Wildman–Crippen LogP) is 1.79. The van der Waals surface area contributed by atoms with Crippen molar-refractivity contribution in [3.8, 4) is 22.8 Å². The van der Waals surface area contributed by atoms with Crippen molar-refractivity contribution in [3.63, 3.8) is 0 Å². The van der Waals surface area contributed by atoms with Gasteiger partial charge in [-0.3, -0.25) is 14.4 Å². The minimum atomic E-state index is -0.142. The lowest BCUT2D eigenvalue weighted by Gasteiger charge is -2.14. The van der Waals surface area contributed by atoms with Crippen molar-refractivity contribution in [2.75, 3.05) is 26.3 Å². The zero-order valence-corrected chi connectivity index (χ0v) is 15.2. The fraction of sp³-hybridized carbons (Fsp3) is 0.316. The van der Waals surface area contributed by atoms with E-state index in [-0.39, 0.29) is 30.8 Å². The van der Waals surface area contributed by atoms with E-state index in [0.717, 1.165) is 0 Å². The number of furan rings is 1. The van der Waals surface area contributed by atoms with Gasteiger partial charge in [-0.15, -0.1) is 0 Å². The molecule has 2 N–H and O–H groups in total. The van der Waals surface area contributed by atoms with Crippen LogP contribution in [0.1, 0.15) is 24.4 Å². The second kappa shape index (κ2) is 10.0. The molecule has 8 nitrogen and oxygen atoms in total. The van der Waals surface area contributed by atoms with Gasteiger partial charge in [0.25, 0.3) is 0 Å². The van der Waals surface area contributed by atoms with Crippen LogP contribution in [0.25, 0.3) is 11.3 Å². The van der Waals surface area contributed by atoms with Gasteiger partial charge < -0.3 is 24.5 Å². The fourth-order valence-electron chi connectivity index (χ4n) is 2.24. The average Bonchev–Trinajstić information content (AvgIpc) is 3.12. The van der Waals surface area contributed by atoms with Crippen LogP contribution >= 0.6 is 0 Å². The molecule has 1 aromatic heterocycles. The van der Waals surface area contributed by atoms with E-state index in [0.29, 0.717) is 42.2 Å². The molecule has 1 aromatic carbocycles. The van der Waals surface area contributed by atoms with Gasteiger partial charge in [0.1, 0.15) is 19.0 Å². The van der Waals surface area contributed by atoms with Gasteiger partial charge in [0.2, 0.25) is 11.8 Å². The van der Waals surface area contributed by atoms with Gasteiger partial charge in [-0.25, -0.2) is 0 Å². The standard InChI is InChI=1S/C19H22N2O6/c1-13(23)20-7-9-25-18-5-3-15(17-6-4-16(12-22)27-17)11-19(18)26-10-8-21-14(2)24/h3-6,11-12H,7-10H2,1-2H3,(H,20,23)(H,21,24). The summed E-state index contributed by atoms with van der Waals surface area (Å²) in [6.07, 6.45) is 0.633. The maximum absolute atomic E-state index is 11.0. The third-order valence-corrected chi connectivity index (χ3v) is 3.44. The summed E-state index contributed by atoms with van der Waals surface area (Å²) in [6, 6.07) is 8.51. The quantitative estimate of drug-likeness (QED) is 0.485. The molecule has 0 aliphatic heterocycles. The van der Waals surface area contributed by atoms with Crippen LogP contribution in [0.4, 0.5) is 0 Å². The summed E-state index contributed by atoms with van der Waals surface area (Å²) in [7, 11) is 0. The van der Waals surface area contributed by atoms with Gasteiger partial charge in [0.15, 0.2) is 23.5 Å². The molecule has 8 heteroatoms. The van der Waals surface area contributed by atoms with Crippen LogP contribution in [0, 0.1) is 0 Å². The molecule has 144 valence electrons. The molecule has 0 aliphatic carbocycles. The highest BCUT2D eigenvalue weighted by Crippen LogP contribution is 2.33. The molecule has 2 rings (SSSR count). The number of aldehydes is 1. The Bertz CT molecular complexity index is 799. The molecule has 2 amide bonds. The van der Waals surface area contributed by atoms with Crippen molar-refractivity contribution in [2.45, 2.75) is 13.8 Å². The largest absolute Gasteiger partial charge is 0.488 e. The number of rotatable bonds is 10. The van der Waals surface area contributed by atoms with E-state index < -0.39 is 0 Å². The van der Waals surface area contributed by atoms with Crippen LogP contribution in [-0.4, -0.2) is 44.4 Å². The first kappa shape index (κ1) is 20.0. The molecule has 27 heavy (non-hydrogen) atoms. The SMILES string of the molecule is CC(=O)NCCOc1ccc(-c2ccc(C=O)o2)cc1OCCNC(C)=O. The summed E-state index contributed by atoms with van der Waals surface area (Å²) < 4.78 is 16.8. The number of carbonyl (C=O) groups excluding carboxylic acids is 3. The summed E-state index contributed by atoms with van der Waals surface area (Å²) in [4.78, 5) is 32.7. The van der Waals surface area contributed by atoms with E-state index in [4.69, 9.17) is 13.9 Å². The highest BCUT2D eigenvalue weighted by molar-refractivity contribution is 5.74. The summed E-state index contributed by atoms with van der Waals surface area (Å²) in [5.41, 5.74) is 0.715. The van der Waals surface area contributed by atoms with E-state index in [9.17, 15) is 14.4 Å². The van der Waals surface area contributed by atoms with Crippen LogP contribution in [0.2, 0.25) is 0 Å². The summed E-state index contributed by atoms with van der Waals surface area (Å²) in [5, 5.41) is 5.29. The second-order valence-electron chi connectivity index (χ2n) is 5.64. The minimum absolute atomic E-state index is 0.135. The predicted molar refractivity (Wildman–Crippen MR) is 97.9 cm³/mol. The van der Waals surface area contributed by atoms with Crippen LogP contribution in [0.5, 0.6) is 11.5 Å². The molecule has 0 atom stereocenters. The molecule has 0 aliphatic rings. The Morgan fingerprint density at radius 3 is 2.15 bits per heavy atom. The fourth-order valence-corrected chi connectivity index (χ4v) is 2.24. The first-order chi connectivity index (χ1) is 13.0. The summed E-state index contributed by atoms with van der Waals surface area (Å²) in [5.74, 6) is 1.43. The topological polar surface area (TPSA) is 107 Å². The van der Waals surface area contributed by atoms with E-state index in [1.54, 1.807) is 30.3 Å². The van der Waals surface area contributed by atoms with E-state index in [1.807, 2.05) is 0 Å². The maximum atomic E-state index is 11.0. The summed E-state index contributed by atoms with van der Waals surface area (Å²) in [6.45, 7) is 4.10. The Kier molecular flexibility index (Phi) is 7.42. The Morgan fingerprint density at radius 1 is 0.963 bits per heavy atom. The first-order valence-corrected chi connectivity index (χ1v) is 8.43. The minimum Gasteiger partial charge on any atom is -0.488 e.